The summed E-state index contributed by atoms with van der Waals surface area (Å²) in [4.78, 5) is 0. The molecule has 2 fully saturated rings. The van der Waals surface area contributed by atoms with Crippen molar-refractivity contribution in [1.29, 1.82) is 5.26 Å². The third-order valence-electron chi connectivity index (χ3n) is 4.23. The van der Waals surface area contributed by atoms with Gasteiger partial charge in [-0.1, -0.05) is 12.2 Å². The van der Waals surface area contributed by atoms with Crippen LogP contribution < -0.4 is 0 Å². The van der Waals surface area contributed by atoms with Crippen molar-refractivity contribution in [2.75, 3.05) is 0 Å². The van der Waals surface area contributed by atoms with Gasteiger partial charge in [0.1, 0.15) is 0 Å². The van der Waals surface area contributed by atoms with Crippen molar-refractivity contribution < 1.29 is 5.11 Å². The van der Waals surface area contributed by atoms with Crippen LogP contribution in [0.4, 0.5) is 0 Å². The molecular formula is C13H19NO. The summed E-state index contributed by atoms with van der Waals surface area (Å²) in [5.74, 6) is -0.00231. The van der Waals surface area contributed by atoms with Crippen LogP contribution in [0.25, 0.3) is 0 Å². The average molecular weight is 205 g/mol. The third-order valence-corrected chi connectivity index (χ3v) is 4.23. The van der Waals surface area contributed by atoms with E-state index < -0.39 is 5.60 Å². The smallest absolute Gasteiger partial charge is 0.0700 e. The van der Waals surface area contributed by atoms with Gasteiger partial charge < -0.3 is 5.11 Å². The van der Waals surface area contributed by atoms with Gasteiger partial charge >= 0.3 is 0 Å². The van der Waals surface area contributed by atoms with E-state index in [1.54, 1.807) is 0 Å². The lowest BCUT2D eigenvalue weighted by Crippen LogP contribution is -2.51. The minimum Gasteiger partial charge on any atom is -0.389 e. The fourth-order valence-electron chi connectivity index (χ4n) is 3.70. The summed E-state index contributed by atoms with van der Waals surface area (Å²) in [5, 5.41) is 19.8. The first kappa shape index (κ1) is 10.7. The molecule has 3 atom stereocenters. The van der Waals surface area contributed by atoms with Gasteiger partial charge in [0.2, 0.25) is 0 Å². The number of fused-ring (bicyclic) bond motifs is 1. The van der Waals surface area contributed by atoms with Crippen LogP contribution in [0, 0.1) is 22.7 Å². The van der Waals surface area contributed by atoms with Gasteiger partial charge in [0.15, 0.2) is 0 Å². The van der Waals surface area contributed by atoms with Crippen LogP contribution in [0.15, 0.2) is 12.2 Å². The molecule has 0 heterocycles. The van der Waals surface area contributed by atoms with Crippen molar-refractivity contribution in [1.82, 2.24) is 0 Å². The SMILES string of the molecule is C=C1CCC[C@]2(C#N)CCC[C@](C)(O)[C@H]12. The highest BCUT2D eigenvalue weighted by atomic mass is 16.3. The molecule has 82 valence electrons. The second-order valence-electron chi connectivity index (χ2n) is 5.42. The predicted molar refractivity (Wildman–Crippen MR) is 59.0 cm³/mol. The minimum absolute atomic E-state index is 0.00231. The molecule has 0 aromatic heterocycles. The standard InChI is InChI=1S/C13H19NO/c1-10-5-3-7-13(9-14)8-4-6-12(2,15)11(10)13/h11,15H,1,3-8H2,2H3/t11-,12-,13+/m0/s1. The van der Waals surface area contributed by atoms with Gasteiger partial charge in [-0.05, 0) is 45.4 Å². The molecule has 0 amide bonds. The van der Waals surface area contributed by atoms with E-state index in [0.717, 1.165) is 44.1 Å². The maximum absolute atomic E-state index is 10.4. The Balaban J connectivity index is 2.42. The summed E-state index contributed by atoms with van der Waals surface area (Å²) in [5.41, 5.74) is 0.0512. The zero-order chi connectivity index (χ0) is 11.1. The van der Waals surface area contributed by atoms with Gasteiger partial charge in [-0.2, -0.15) is 5.26 Å². The van der Waals surface area contributed by atoms with Crippen molar-refractivity contribution in [3.63, 3.8) is 0 Å². The fourth-order valence-corrected chi connectivity index (χ4v) is 3.70. The lowest BCUT2D eigenvalue weighted by molar-refractivity contribution is -0.0753. The van der Waals surface area contributed by atoms with Gasteiger partial charge in [0, 0.05) is 5.92 Å². The molecule has 0 saturated heterocycles. The molecule has 2 nitrogen and oxygen atoms in total. The molecule has 0 radical (unpaired) electrons. The summed E-state index contributed by atoms with van der Waals surface area (Å²) in [6.45, 7) is 5.95. The molecule has 2 aliphatic carbocycles. The highest BCUT2D eigenvalue weighted by Gasteiger charge is 2.53. The first-order valence-electron chi connectivity index (χ1n) is 5.83. The van der Waals surface area contributed by atoms with Crippen molar-refractivity contribution in [2.45, 2.75) is 51.0 Å². The zero-order valence-corrected chi connectivity index (χ0v) is 9.42. The largest absolute Gasteiger partial charge is 0.389 e. The van der Waals surface area contributed by atoms with E-state index in [-0.39, 0.29) is 11.3 Å². The van der Waals surface area contributed by atoms with Crippen molar-refractivity contribution >= 4 is 0 Å². The van der Waals surface area contributed by atoms with E-state index in [4.69, 9.17) is 0 Å². The summed E-state index contributed by atoms with van der Waals surface area (Å²) in [6.07, 6.45) is 5.67. The quantitative estimate of drug-likeness (QED) is 0.618. The summed E-state index contributed by atoms with van der Waals surface area (Å²) >= 11 is 0. The van der Waals surface area contributed by atoms with Crippen LogP contribution in [-0.2, 0) is 0 Å². The van der Waals surface area contributed by atoms with Gasteiger partial charge in [-0.3, -0.25) is 0 Å². The Morgan fingerprint density at radius 1 is 1.40 bits per heavy atom. The first-order valence-corrected chi connectivity index (χ1v) is 5.83. The molecular weight excluding hydrogens is 186 g/mol. The summed E-state index contributed by atoms with van der Waals surface area (Å²) in [7, 11) is 0. The zero-order valence-electron chi connectivity index (χ0n) is 9.42. The Hall–Kier alpha value is -0.810. The predicted octanol–water partition coefficient (Wildman–Crippen LogP) is 2.79. The van der Waals surface area contributed by atoms with Gasteiger partial charge in [-0.15, -0.1) is 0 Å². The summed E-state index contributed by atoms with van der Waals surface area (Å²) in [6, 6.07) is 2.48. The van der Waals surface area contributed by atoms with Gasteiger partial charge in [-0.25, -0.2) is 0 Å². The lowest BCUT2D eigenvalue weighted by atomic mass is 9.54. The Morgan fingerprint density at radius 2 is 2.07 bits per heavy atom. The molecule has 2 rings (SSSR count). The third kappa shape index (κ3) is 1.50. The number of nitrogens with zero attached hydrogens (tertiary/aromatic N) is 1. The minimum atomic E-state index is -0.717. The number of hydrogen-bond acceptors (Lipinski definition) is 2. The van der Waals surface area contributed by atoms with Crippen molar-refractivity contribution in [2.24, 2.45) is 11.3 Å². The number of aliphatic hydroxyl groups is 1. The second-order valence-corrected chi connectivity index (χ2v) is 5.42. The first-order chi connectivity index (χ1) is 7.02. The van der Waals surface area contributed by atoms with E-state index in [2.05, 4.69) is 12.6 Å². The van der Waals surface area contributed by atoms with E-state index in [9.17, 15) is 10.4 Å². The molecule has 0 bridgehead atoms. The van der Waals surface area contributed by atoms with E-state index in [1.165, 1.54) is 0 Å². The van der Waals surface area contributed by atoms with Crippen LogP contribution in [0.5, 0.6) is 0 Å². The molecule has 0 aromatic rings. The van der Waals surface area contributed by atoms with Crippen LogP contribution in [-0.4, -0.2) is 10.7 Å². The van der Waals surface area contributed by atoms with Gasteiger partial charge in [0.25, 0.3) is 0 Å². The van der Waals surface area contributed by atoms with E-state index in [1.807, 2.05) is 6.92 Å². The van der Waals surface area contributed by atoms with Crippen LogP contribution in [0.1, 0.15) is 45.4 Å². The second kappa shape index (κ2) is 3.35. The van der Waals surface area contributed by atoms with Crippen LogP contribution in [0.2, 0.25) is 0 Å². The number of nitriles is 1. The van der Waals surface area contributed by atoms with Crippen molar-refractivity contribution in [3.8, 4) is 6.07 Å². The van der Waals surface area contributed by atoms with E-state index >= 15 is 0 Å². The van der Waals surface area contributed by atoms with E-state index in [0.29, 0.717) is 0 Å². The monoisotopic (exact) mass is 205 g/mol. The average Bonchev–Trinajstić information content (AvgIpc) is 2.16. The van der Waals surface area contributed by atoms with Crippen LogP contribution >= 0.6 is 0 Å². The van der Waals surface area contributed by atoms with Crippen molar-refractivity contribution in [3.05, 3.63) is 12.2 Å². The Kier molecular flexibility index (Phi) is 2.39. The molecule has 0 aliphatic heterocycles. The molecule has 2 heteroatoms. The topological polar surface area (TPSA) is 44.0 Å². The Morgan fingerprint density at radius 3 is 2.67 bits per heavy atom. The maximum atomic E-state index is 10.4. The lowest BCUT2D eigenvalue weighted by Gasteiger charge is -2.51. The highest BCUT2D eigenvalue weighted by Crippen LogP contribution is 2.55. The Bertz CT molecular complexity index is 322. The molecule has 2 aliphatic rings. The van der Waals surface area contributed by atoms with Gasteiger partial charge in [0.05, 0.1) is 17.1 Å². The normalized spacial score (nSPS) is 45.7. The molecule has 1 N–H and O–H groups in total. The summed E-state index contributed by atoms with van der Waals surface area (Å²) < 4.78 is 0. The fraction of sp³-hybridized carbons (Fsp3) is 0.769. The highest BCUT2D eigenvalue weighted by molar-refractivity contribution is 5.24. The number of hydrogen-bond donors (Lipinski definition) is 1. The Labute approximate surface area is 91.6 Å². The molecule has 15 heavy (non-hydrogen) atoms. The molecule has 2 saturated carbocycles. The molecule has 0 aromatic carbocycles. The molecule has 0 spiro atoms. The maximum Gasteiger partial charge on any atom is 0.0700 e. The molecule has 0 unspecified atom stereocenters. The van der Waals surface area contributed by atoms with Crippen LogP contribution in [0.3, 0.4) is 0 Å². The number of rotatable bonds is 0.